The highest BCUT2D eigenvalue weighted by molar-refractivity contribution is 5.84. The molecule has 104 valence electrons. The molecule has 0 aliphatic heterocycles. The lowest BCUT2D eigenvalue weighted by Crippen LogP contribution is -2.51. The van der Waals surface area contributed by atoms with Crippen LogP contribution in [0.25, 0.3) is 0 Å². The molecule has 2 aliphatic rings. The second kappa shape index (κ2) is 4.65. The quantitative estimate of drug-likeness (QED) is 0.685. The summed E-state index contributed by atoms with van der Waals surface area (Å²) in [6.07, 6.45) is 7.24. The second-order valence-electron chi connectivity index (χ2n) is 7.69. The summed E-state index contributed by atoms with van der Waals surface area (Å²) in [5, 5.41) is 0. The van der Waals surface area contributed by atoms with E-state index in [4.69, 9.17) is 0 Å². The van der Waals surface area contributed by atoms with Gasteiger partial charge in [-0.15, -0.1) is 0 Å². The summed E-state index contributed by atoms with van der Waals surface area (Å²) in [5.74, 6) is 2.68. The molecular formula is C17H30O. The Hall–Kier alpha value is -0.330. The zero-order valence-electron chi connectivity index (χ0n) is 12.9. The van der Waals surface area contributed by atoms with Gasteiger partial charge in [-0.05, 0) is 42.4 Å². The van der Waals surface area contributed by atoms with Gasteiger partial charge < -0.3 is 0 Å². The fourth-order valence-electron chi connectivity index (χ4n) is 5.12. The molecule has 2 fully saturated rings. The molecule has 0 amide bonds. The maximum absolute atomic E-state index is 12.4. The number of fused-ring (bicyclic) bond motifs is 1. The number of ketones is 1. The van der Waals surface area contributed by atoms with Crippen LogP contribution >= 0.6 is 0 Å². The van der Waals surface area contributed by atoms with Crippen LogP contribution < -0.4 is 0 Å². The lowest BCUT2D eigenvalue weighted by atomic mass is 9.48. The summed E-state index contributed by atoms with van der Waals surface area (Å²) < 4.78 is 0. The van der Waals surface area contributed by atoms with Gasteiger partial charge in [0.25, 0.3) is 0 Å². The molecule has 0 aromatic carbocycles. The predicted octanol–water partition coefficient (Wildman–Crippen LogP) is 4.84. The van der Waals surface area contributed by atoms with E-state index in [-0.39, 0.29) is 5.41 Å². The average molecular weight is 250 g/mol. The first-order valence-corrected chi connectivity index (χ1v) is 7.86. The Balaban J connectivity index is 2.29. The Morgan fingerprint density at radius 1 is 1.17 bits per heavy atom. The highest BCUT2D eigenvalue weighted by atomic mass is 16.1. The lowest BCUT2D eigenvalue weighted by molar-refractivity contribution is -0.141. The number of hydrogen-bond acceptors (Lipinski definition) is 1. The molecule has 0 saturated heterocycles. The summed E-state index contributed by atoms with van der Waals surface area (Å²) in [6.45, 7) is 11.5. The molecule has 2 aliphatic carbocycles. The summed E-state index contributed by atoms with van der Waals surface area (Å²) in [5.41, 5.74) is 0.378. The topological polar surface area (TPSA) is 17.1 Å². The number of carbonyl (C=O) groups excluding carboxylic acids is 1. The van der Waals surface area contributed by atoms with Gasteiger partial charge in [0, 0.05) is 11.8 Å². The Morgan fingerprint density at radius 2 is 1.83 bits per heavy atom. The molecule has 2 saturated carbocycles. The molecule has 0 spiro atoms. The van der Waals surface area contributed by atoms with E-state index in [0.29, 0.717) is 23.5 Å². The van der Waals surface area contributed by atoms with Crippen molar-refractivity contribution in [2.24, 2.45) is 28.6 Å². The zero-order valence-corrected chi connectivity index (χ0v) is 12.9. The molecule has 0 heterocycles. The van der Waals surface area contributed by atoms with Crippen molar-refractivity contribution in [1.29, 1.82) is 0 Å². The van der Waals surface area contributed by atoms with Crippen LogP contribution in [0.2, 0.25) is 0 Å². The van der Waals surface area contributed by atoms with Crippen molar-refractivity contribution in [3.8, 4) is 0 Å². The minimum atomic E-state index is -0.0511. The van der Waals surface area contributed by atoms with E-state index in [1.807, 2.05) is 6.92 Å². The van der Waals surface area contributed by atoms with Gasteiger partial charge >= 0.3 is 0 Å². The van der Waals surface area contributed by atoms with Gasteiger partial charge in [0.1, 0.15) is 5.78 Å². The fourth-order valence-corrected chi connectivity index (χ4v) is 5.12. The van der Waals surface area contributed by atoms with E-state index in [1.165, 1.54) is 25.7 Å². The van der Waals surface area contributed by atoms with Gasteiger partial charge in [0.2, 0.25) is 0 Å². The monoisotopic (exact) mass is 250 g/mol. The molecule has 18 heavy (non-hydrogen) atoms. The molecule has 0 N–H and O–H groups in total. The van der Waals surface area contributed by atoms with Crippen LogP contribution in [0.1, 0.15) is 73.1 Å². The molecule has 0 bridgehead atoms. The number of rotatable bonds is 2. The molecule has 4 atom stereocenters. The van der Waals surface area contributed by atoms with Crippen LogP contribution in [0.4, 0.5) is 0 Å². The first kappa shape index (κ1) is 14.1. The molecule has 0 aromatic rings. The molecule has 4 unspecified atom stereocenters. The third-order valence-corrected chi connectivity index (χ3v) is 6.34. The Kier molecular flexibility index (Phi) is 3.64. The Morgan fingerprint density at radius 3 is 2.44 bits per heavy atom. The minimum Gasteiger partial charge on any atom is -0.299 e. The van der Waals surface area contributed by atoms with Crippen LogP contribution in [0.15, 0.2) is 0 Å². The van der Waals surface area contributed by atoms with E-state index in [9.17, 15) is 4.79 Å². The van der Waals surface area contributed by atoms with E-state index in [0.717, 1.165) is 18.3 Å². The molecule has 0 aromatic heterocycles. The summed E-state index contributed by atoms with van der Waals surface area (Å²) in [7, 11) is 0. The van der Waals surface area contributed by atoms with Crippen LogP contribution in [-0.4, -0.2) is 5.78 Å². The molecule has 1 heteroatoms. The smallest absolute Gasteiger partial charge is 0.138 e. The van der Waals surface area contributed by atoms with Crippen molar-refractivity contribution in [1.82, 2.24) is 0 Å². The number of Topliss-reactive ketones (excluding diaryl/α,β-unsaturated/α-hetero) is 1. The SMILES string of the molecule is CCC(=O)C1(C)CCC2CCCC(C)(C)C2C1C. The van der Waals surface area contributed by atoms with Crippen molar-refractivity contribution >= 4 is 5.78 Å². The van der Waals surface area contributed by atoms with Gasteiger partial charge in [0.05, 0.1) is 0 Å². The summed E-state index contributed by atoms with van der Waals surface area (Å²) in [4.78, 5) is 12.4. The average Bonchev–Trinajstić information content (AvgIpc) is 2.32. The van der Waals surface area contributed by atoms with Gasteiger partial charge in [-0.25, -0.2) is 0 Å². The van der Waals surface area contributed by atoms with Gasteiger partial charge in [-0.2, -0.15) is 0 Å². The fraction of sp³-hybridized carbons (Fsp3) is 0.941. The van der Waals surface area contributed by atoms with Crippen molar-refractivity contribution in [2.45, 2.75) is 73.1 Å². The van der Waals surface area contributed by atoms with E-state index >= 15 is 0 Å². The number of carbonyl (C=O) groups is 1. The molecule has 1 nitrogen and oxygen atoms in total. The third kappa shape index (κ3) is 2.04. The van der Waals surface area contributed by atoms with Gasteiger partial charge in [-0.1, -0.05) is 47.5 Å². The maximum atomic E-state index is 12.4. The van der Waals surface area contributed by atoms with Crippen LogP contribution in [0.5, 0.6) is 0 Å². The van der Waals surface area contributed by atoms with Crippen molar-refractivity contribution < 1.29 is 4.79 Å². The van der Waals surface area contributed by atoms with Crippen molar-refractivity contribution in [2.75, 3.05) is 0 Å². The first-order chi connectivity index (χ1) is 8.33. The molecule has 0 radical (unpaired) electrons. The summed E-state index contributed by atoms with van der Waals surface area (Å²) >= 11 is 0. The Labute approximate surface area is 113 Å². The van der Waals surface area contributed by atoms with Crippen LogP contribution in [-0.2, 0) is 4.79 Å². The molecular weight excluding hydrogens is 220 g/mol. The minimum absolute atomic E-state index is 0.0511. The van der Waals surface area contributed by atoms with E-state index < -0.39 is 0 Å². The summed E-state index contributed by atoms with van der Waals surface area (Å²) in [6, 6.07) is 0. The predicted molar refractivity (Wildman–Crippen MR) is 76.4 cm³/mol. The third-order valence-electron chi connectivity index (χ3n) is 6.34. The highest BCUT2D eigenvalue weighted by Gasteiger charge is 2.52. The highest BCUT2D eigenvalue weighted by Crippen LogP contribution is 2.58. The van der Waals surface area contributed by atoms with E-state index in [2.05, 4.69) is 27.7 Å². The Bertz CT molecular complexity index is 331. The van der Waals surface area contributed by atoms with Crippen molar-refractivity contribution in [3.05, 3.63) is 0 Å². The zero-order chi connectivity index (χ0) is 13.6. The van der Waals surface area contributed by atoms with Gasteiger partial charge in [0.15, 0.2) is 0 Å². The lowest BCUT2D eigenvalue weighted by Gasteiger charge is -2.56. The van der Waals surface area contributed by atoms with Gasteiger partial charge in [-0.3, -0.25) is 4.79 Å². The van der Waals surface area contributed by atoms with Crippen LogP contribution in [0.3, 0.4) is 0 Å². The van der Waals surface area contributed by atoms with Crippen molar-refractivity contribution in [3.63, 3.8) is 0 Å². The largest absolute Gasteiger partial charge is 0.299 e. The normalized spacial score (nSPS) is 43.3. The first-order valence-electron chi connectivity index (χ1n) is 7.86. The standard InChI is InChI=1S/C17H30O/c1-6-14(18)17(5)11-9-13-8-7-10-16(3,4)15(13)12(17)2/h12-13,15H,6-11H2,1-5H3. The molecule has 2 rings (SSSR count). The van der Waals surface area contributed by atoms with E-state index in [1.54, 1.807) is 0 Å². The maximum Gasteiger partial charge on any atom is 0.138 e. The second-order valence-corrected chi connectivity index (χ2v) is 7.69. The number of hydrogen-bond donors (Lipinski definition) is 0. The van der Waals surface area contributed by atoms with Crippen LogP contribution in [0, 0.1) is 28.6 Å².